The molecule has 20 heavy (non-hydrogen) atoms. The Kier molecular flexibility index (Phi) is 4.42. The molecule has 0 aliphatic carbocycles. The summed E-state index contributed by atoms with van der Waals surface area (Å²) in [6.07, 6.45) is 1.00. The Balaban J connectivity index is 2.22. The van der Waals surface area contributed by atoms with Gasteiger partial charge in [0.2, 0.25) is 11.8 Å². The van der Waals surface area contributed by atoms with Gasteiger partial charge in [0.25, 0.3) is 0 Å². The van der Waals surface area contributed by atoms with E-state index in [-0.39, 0.29) is 17.9 Å². The average molecular weight is 274 g/mol. The van der Waals surface area contributed by atoms with Crippen LogP contribution in [0.5, 0.6) is 0 Å². The van der Waals surface area contributed by atoms with Crippen molar-refractivity contribution in [2.75, 3.05) is 6.54 Å². The van der Waals surface area contributed by atoms with E-state index in [9.17, 15) is 9.59 Å². The number of amides is 2. The Morgan fingerprint density at radius 1 is 1.30 bits per heavy atom. The molecule has 4 heteroatoms. The Labute approximate surface area is 120 Å². The molecule has 0 saturated carbocycles. The quantitative estimate of drug-likeness (QED) is 0.918. The fourth-order valence-corrected chi connectivity index (χ4v) is 2.55. The summed E-state index contributed by atoms with van der Waals surface area (Å²) in [7, 11) is 0. The number of nitrogens with zero attached hydrogens (tertiary/aromatic N) is 1. The van der Waals surface area contributed by atoms with Crippen LogP contribution in [-0.2, 0) is 9.59 Å². The normalized spacial score (nSPS) is 21.4. The molecule has 1 aliphatic rings. The van der Waals surface area contributed by atoms with Crippen LogP contribution in [0.3, 0.4) is 0 Å². The van der Waals surface area contributed by atoms with E-state index in [1.54, 1.807) is 0 Å². The molecular weight excluding hydrogens is 252 g/mol. The zero-order valence-corrected chi connectivity index (χ0v) is 12.3. The van der Waals surface area contributed by atoms with Gasteiger partial charge in [-0.05, 0) is 25.8 Å². The largest absolute Gasteiger partial charge is 0.344 e. The van der Waals surface area contributed by atoms with E-state index >= 15 is 0 Å². The summed E-state index contributed by atoms with van der Waals surface area (Å²) in [6.45, 7) is 6.46. The van der Waals surface area contributed by atoms with Gasteiger partial charge in [-0.25, -0.2) is 0 Å². The average Bonchev–Trinajstić information content (AvgIpc) is 2.58. The predicted octanol–water partition coefficient (Wildman–Crippen LogP) is 2.18. The van der Waals surface area contributed by atoms with Gasteiger partial charge in [-0.1, -0.05) is 36.8 Å². The topological polar surface area (TPSA) is 49.4 Å². The van der Waals surface area contributed by atoms with Crippen LogP contribution in [0.15, 0.2) is 24.3 Å². The van der Waals surface area contributed by atoms with Crippen molar-refractivity contribution in [1.82, 2.24) is 10.2 Å². The van der Waals surface area contributed by atoms with Crippen molar-refractivity contribution in [3.63, 3.8) is 0 Å². The molecule has 0 radical (unpaired) electrons. The summed E-state index contributed by atoms with van der Waals surface area (Å²) >= 11 is 0. The lowest BCUT2D eigenvalue weighted by molar-refractivity contribution is -0.135. The number of rotatable bonds is 3. The van der Waals surface area contributed by atoms with E-state index in [0.717, 1.165) is 5.56 Å². The highest BCUT2D eigenvalue weighted by Crippen LogP contribution is 2.23. The fraction of sp³-hybridized carbons (Fsp3) is 0.500. The molecule has 0 bridgehead atoms. The van der Waals surface area contributed by atoms with Gasteiger partial charge in [-0.3, -0.25) is 9.59 Å². The molecule has 2 atom stereocenters. The molecule has 1 N–H and O–H groups in total. The van der Waals surface area contributed by atoms with E-state index in [1.165, 1.54) is 5.56 Å². The van der Waals surface area contributed by atoms with Gasteiger partial charge in [0.1, 0.15) is 6.04 Å². The van der Waals surface area contributed by atoms with Crippen LogP contribution in [0.25, 0.3) is 0 Å². The molecule has 1 saturated heterocycles. The van der Waals surface area contributed by atoms with Crippen LogP contribution in [0.4, 0.5) is 0 Å². The van der Waals surface area contributed by atoms with Crippen molar-refractivity contribution in [1.29, 1.82) is 0 Å². The Hall–Kier alpha value is -1.84. The first-order valence-corrected chi connectivity index (χ1v) is 7.19. The first-order valence-electron chi connectivity index (χ1n) is 7.19. The molecule has 108 valence electrons. The number of carbonyl (C=O) groups is 2. The summed E-state index contributed by atoms with van der Waals surface area (Å²) in [5.41, 5.74) is 2.31. The predicted molar refractivity (Wildman–Crippen MR) is 78.1 cm³/mol. The van der Waals surface area contributed by atoms with Gasteiger partial charge in [-0.2, -0.15) is 0 Å². The van der Waals surface area contributed by atoms with E-state index in [2.05, 4.69) is 17.4 Å². The molecular formula is C16H22N2O2. The highest BCUT2D eigenvalue weighted by Gasteiger charge is 2.31. The Morgan fingerprint density at radius 2 is 1.95 bits per heavy atom. The molecule has 1 fully saturated rings. The zero-order chi connectivity index (χ0) is 14.7. The van der Waals surface area contributed by atoms with E-state index in [0.29, 0.717) is 19.4 Å². The minimum atomic E-state index is -0.391. The van der Waals surface area contributed by atoms with Crippen molar-refractivity contribution in [3.8, 4) is 0 Å². The molecule has 1 aromatic rings. The molecule has 1 heterocycles. The van der Waals surface area contributed by atoms with Gasteiger partial charge in [-0.15, -0.1) is 0 Å². The maximum atomic E-state index is 12.5. The van der Waals surface area contributed by atoms with Gasteiger partial charge in [0.05, 0.1) is 6.04 Å². The van der Waals surface area contributed by atoms with Gasteiger partial charge in [0.15, 0.2) is 0 Å². The summed E-state index contributed by atoms with van der Waals surface area (Å²) < 4.78 is 0. The number of nitrogens with one attached hydrogen (secondary N) is 1. The molecule has 1 aromatic carbocycles. The summed E-state index contributed by atoms with van der Waals surface area (Å²) in [5.74, 6) is -0.0183. The number of hydrogen-bond donors (Lipinski definition) is 1. The monoisotopic (exact) mass is 274 g/mol. The van der Waals surface area contributed by atoms with Crippen LogP contribution >= 0.6 is 0 Å². The number of carbonyl (C=O) groups excluding carboxylic acids is 2. The first-order chi connectivity index (χ1) is 9.52. The lowest BCUT2D eigenvalue weighted by Gasteiger charge is -2.30. The van der Waals surface area contributed by atoms with E-state index < -0.39 is 6.04 Å². The first kappa shape index (κ1) is 14.6. The number of hydrogen-bond acceptors (Lipinski definition) is 2. The Morgan fingerprint density at radius 3 is 2.55 bits per heavy atom. The SMILES string of the molecule is CCC1NC(=O)CCN(C(C)c2ccc(C)cc2)C1=O. The number of benzene rings is 1. The van der Waals surface area contributed by atoms with E-state index in [1.807, 2.05) is 37.8 Å². The van der Waals surface area contributed by atoms with Crippen molar-refractivity contribution >= 4 is 11.8 Å². The lowest BCUT2D eigenvalue weighted by Crippen LogP contribution is -2.45. The van der Waals surface area contributed by atoms with Gasteiger partial charge in [0, 0.05) is 13.0 Å². The highest BCUT2D eigenvalue weighted by molar-refractivity contribution is 5.90. The van der Waals surface area contributed by atoms with Crippen LogP contribution in [0, 0.1) is 6.92 Å². The zero-order valence-electron chi connectivity index (χ0n) is 12.3. The number of aryl methyl sites for hydroxylation is 1. The molecule has 1 aliphatic heterocycles. The van der Waals surface area contributed by atoms with Crippen molar-refractivity contribution in [3.05, 3.63) is 35.4 Å². The molecule has 0 spiro atoms. The van der Waals surface area contributed by atoms with Crippen molar-refractivity contribution in [2.45, 2.75) is 45.7 Å². The van der Waals surface area contributed by atoms with Crippen molar-refractivity contribution in [2.24, 2.45) is 0 Å². The maximum Gasteiger partial charge on any atom is 0.245 e. The molecule has 2 amide bonds. The standard InChI is InChI=1S/C16H22N2O2/c1-4-14-16(20)18(10-9-15(19)17-14)12(3)13-7-5-11(2)6-8-13/h5-8,12,14H,4,9-10H2,1-3H3,(H,17,19). The molecule has 4 nitrogen and oxygen atoms in total. The third kappa shape index (κ3) is 3.00. The molecule has 2 rings (SSSR count). The van der Waals surface area contributed by atoms with Gasteiger partial charge < -0.3 is 10.2 Å². The third-order valence-corrected chi connectivity index (χ3v) is 3.93. The minimum Gasteiger partial charge on any atom is -0.344 e. The second kappa shape index (κ2) is 6.07. The summed E-state index contributed by atoms with van der Waals surface area (Å²) in [5, 5.41) is 2.79. The maximum absolute atomic E-state index is 12.5. The summed E-state index contributed by atoms with van der Waals surface area (Å²) in [6, 6.07) is 7.80. The van der Waals surface area contributed by atoms with Crippen LogP contribution in [0.2, 0.25) is 0 Å². The van der Waals surface area contributed by atoms with Crippen LogP contribution in [-0.4, -0.2) is 29.3 Å². The molecule has 0 aromatic heterocycles. The third-order valence-electron chi connectivity index (χ3n) is 3.93. The fourth-order valence-electron chi connectivity index (χ4n) is 2.55. The highest BCUT2D eigenvalue weighted by atomic mass is 16.2. The van der Waals surface area contributed by atoms with E-state index in [4.69, 9.17) is 0 Å². The second-order valence-electron chi connectivity index (χ2n) is 5.40. The minimum absolute atomic E-state index is 0.00940. The van der Waals surface area contributed by atoms with Crippen LogP contribution < -0.4 is 5.32 Å². The lowest BCUT2D eigenvalue weighted by atomic mass is 10.0. The second-order valence-corrected chi connectivity index (χ2v) is 5.40. The molecule has 2 unspecified atom stereocenters. The summed E-state index contributed by atoms with van der Waals surface area (Å²) in [4.78, 5) is 26.0. The Bertz CT molecular complexity index is 496. The van der Waals surface area contributed by atoms with Crippen molar-refractivity contribution < 1.29 is 9.59 Å². The van der Waals surface area contributed by atoms with Crippen LogP contribution in [0.1, 0.15) is 43.9 Å². The van der Waals surface area contributed by atoms with Gasteiger partial charge >= 0.3 is 0 Å². The smallest absolute Gasteiger partial charge is 0.245 e.